The van der Waals surface area contributed by atoms with Crippen LogP contribution in [0.1, 0.15) is 0 Å². The first kappa shape index (κ1) is 6.09. The van der Waals surface area contributed by atoms with E-state index in [9.17, 15) is 0 Å². The van der Waals surface area contributed by atoms with Crippen LogP contribution in [0.5, 0.6) is 0 Å². The highest BCUT2D eigenvalue weighted by Crippen LogP contribution is 2.06. The van der Waals surface area contributed by atoms with Gasteiger partial charge in [0.15, 0.2) is 5.65 Å². The minimum Gasteiger partial charge on any atom is -0.235 e. The van der Waals surface area contributed by atoms with Crippen LogP contribution < -0.4 is 0 Å². The summed E-state index contributed by atoms with van der Waals surface area (Å²) in [5.41, 5.74) is 0.895. The molecule has 0 aliphatic carbocycles. The number of aromatic nitrogens is 3. The van der Waals surface area contributed by atoms with E-state index in [0.29, 0.717) is 0 Å². The van der Waals surface area contributed by atoms with Gasteiger partial charge in [0.2, 0.25) is 0 Å². The Morgan fingerprint density at radius 2 is 2.30 bits per heavy atom. The zero-order valence-corrected chi connectivity index (χ0v) is 7.19. The van der Waals surface area contributed by atoms with Gasteiger partial charge in [-0.15, -0.1) is 0 Å². The minimum atomic E-state index is 0.895. The van der Waals surface area contributed by atoms with Gasteiger partial charge in [-0.25, -0.2) is 9.50 Å². The van der Waals surface area contributed by atoms with E-state index in [1.54, 1.807) is 16.9 Å². The molecule has 0 unspecified atom stereocenters. The van der Waals surface area contributed by atoms with Gasteiger partial charge in [-0.2, -0.15) is 5.10 Å². The summed E-state index contributed by atoms with van der Waals surface area (Å²) in [6.07, 6.45) is 5.29. The monoisotopic (exact) mass is 245 g/mol. The van der Waals surface area contributed by atoms with E-state index >= 15 is 0 Å². The summed E-state index contributed by atoms with van der Waals surface area (Å²) in [4.78, 5) is 4.10. The molecule has 0 atom stereocenters. The van der Waals surface area contributed by atoms with E-state index < -0.39 is 0 Å². The van der Waals surface area contributed by atoms with Crippen molar-refractivity contribution in [3.05, 3.63) is 28.2 Å². The number of nitrogens with zero attached hydrogens (tertiary/aromatic N) is 3. The molecule has 10 heavy (non-hydrogen) atoms. The average Bonchev–Trinajstić information content (AvgIpc) is 2.27. The van der Waals surface area contributed by atoms with Crippen molar-refractivity contribution >= 4 is 28.2 Å². The summed E-state index contributed by atoms with van der Waals surface area (Å²) in [7, 11) is 0. The number of hydrogen-bond donors (Lipinski definition) is 0. The van der Waals surface area contributed by atoms with Crippen molar-refractivity contribution in [1.82, 2.24) is 14.6 Å². The Morgan fingerprint density at radius 1 is 1.40 bits per heavy atom. The van der Waals surface area contributed by atoms with E-state index in [1.165, 1.54) is 0 Å². The highest BCUT2D eigenvalue weighted by molar-refractivity contribution is 14.1. The van der Waals surface area contributed by atoms with Crippen molar-refractivity contribution in [3.63, 3.8) is 0 Å². The molecule has 0 spiro atoms. The highest BCUT2D eigenvalue weighted by Gasteiger charge is 1.94. The molecule has 0 N–H and O–H groups in total. The second-order valence-electron chi connectivity index (χ2n) is 1.90. The quantitative estimate of drug-likeness (QED) is 0.655. The lowest BCUT2D eigenvalue weighted by molar-refractivity contribution is 0.909. The first-order chi connectivity index (χ1) is 4.86. The van der Waals surface area contributed by atoms with Crippen molar-refractivity contribution in [2.45, 2.75) is 0 Å². The van der Waals surface area contributed by atoms with E-state index in [1.807, 2.05) is 12.3 Å². The molecule has 0 bridgehead atoms. The Balaban J connectivity index is 2.88. The lowest BCUT2D eigenvalue weighted by Crippen LogP contribution is -1.88. The van der Waals surface area contributed by atoms with Crippen molar-refractivity contribution in [3.8, 4) is 0 Å². The Morgan fingerprint density at radius 3 is 3.10 bits per heavy atom. The molecule has 2 rings (SSSR count). The van der Waals surface area contributed by atoms with Crippen molar-refractivity contribution < 1.29 is 0 Å². The van der Waals surface area contributed by atoms with Gasteiger partial charge in [0, 0.05) is 16.0 Å². The van der Waals surface area contributed by atoms with Crippen molar-refractivity contribution in [1.29, 1.82) is 0 Å². The molecule has 0 amide bonds. The predicted octanol–water partition coefficient (Wildman–Crippen LogP) is 1.33. The molecule has 0 aliphatic heterocycles. The van der Waals surface area contributed by atoms with Crippen LogP contribution in [0.2, 0.25) is 0 Å². The number of rotatable bonds is 0. The lowest BCUT2D eigenvalue weighted by Gasteiger charge is -1.86. The van der Waals surface area contributed by atoms with Crippen LogP contribution in [0, 0.1) is 3.57 Å². The van der Waals surface area contributed by atoms with Gasteiger partial charge in [-0.3, -0.25) is 0 Å². The smallest absolute Gasteiger partial charge is 0.154 e. The standard InChI is InChI=1S/C6H4IN3/c7-5-3-6-8-1-2-9-10(6)4-5/h1-4H. The van der Waals surface area contributed by atoms with Gasteiger partial charge < -0.3 is 0 Å². The maximum absolute atomic E-state index is 4.10. The van der Waals surface area contributed by atoms with E-state index in [0.717, 1.165) is 9.22 Å². The number of halogens is 1. The molecule has 2 aromatic heterocycles. The van der Waals surface area contributed by atoms with E-state index in [-0.39, 0.29) is 0 Å². The average molecular weight is 245 g/mol. The van der Waals surface area contributed by atoms with Crippen LogP contribution in [0.4, 0.5) is 0 Å². The van der Waals surface area contributed by atoms with Crippen LogP contribution in [0.3, 0.4) is 0 Å². The fourth-order valence-electron chi connectivity index (χ4n) is 0.810. The SMILES string of the molecule is Ic1cc2nccnn2c1. The minimum absolute atomic E-state index is 0.895. The van der Waals surface area contributed by atoms with E-state index in [4.69, 9.17) is 0 Å². The highest BCUT2D eigenvalue weighted by atomic mass is 127. The van der Waals surface area contributed by atoms with E-state index in [2.05, 4.69) is 32.7 Å². The van der Waals surface area contributed by atoms with Crippen molar-refractivity contribution in [2.75, 3.05) is 0 Å². The molecule has 2 aromatic rings. The molecule has 0 radical (unpaired) electrons. The van der Waals surface area contributed by atoms with Crippen LogP contribution in [0.15, 0.2) is 24.7 Å². The summed E-state index contributed by atoms with van der Waals surface area (Å²) < 4.78 is 2.91. The number of hydrogen-bond acceptors (Lipinski definition) is 2. The molecular weight excluding hydrogens is 241 g/mol. The molecular formula is C6H4IN3. The topological polar surface area (TPSA) is 30.2 Å². The molecule has 0 fully saturated rings. The van der Waals surface area contributed by atoms with Gasteiger partial charge >= 0.3 is 0 Å². The summed E-state index contributed by atoms with van der Waals surface area (Å²) >= 11 is 2.23. The zero-order chi connectivity index (χ0) is 6.97. The van der Waals surface area contributed by atoms with Gasteiger partial charge in [0.25, 0.3) is 0 Å². The third-order valence-corrected chi connectivity index (χ3v) is 1.80. The van der Waals surface area contributed by atoms with Crippen LogP contribution in [-0.2, 0) is 0 Å². The van der Waals surface area contributed by atoms with Crippen LogP contribution in [-0.4, -0.2) is 14.6 Å². The first-order valence-electron chi connectivity index (χ1n) is 2.81. The zero-order valence-electron chi connectivity index (χ0n) is 5.03. The third kappa shape index (κ3) is 0.880. The normalized spacial score (nSPS) is 10.5. The summed E-state index contributed by atoms with van der Waals surface area (Å²) in [6, 6.07) is 1.98. The molecule has 3 nitrogen and oxygen atoms in total. The molecule has 0 saturated carbocycles. The van der Waals surface area contributed by atoms with Gasteiger partial charge in [-0.1, -0.05) is 0 Å². The second kappa shape index (κ2) is 2.19. The largest absolute Gasteiger partial charge is 0.235 e. The Bertz CT molecular complexity index is 322. The Hall–Kier alpha value is -0.650. The maximum atomic E-state index is 4.10. The van der Waals surface area contributed by atoms with Crippen LogP contribution in [0.25, 0.3) is 5.65 Å². The molecule has 0 aromatic carbocycles. The van der Waals surface area contributed by atoms with Gasteiger partial charge in [-0.05, 0) is 28.7 Å². The maximum Gasteiger partial charge on any atom is 0.154 e. The summed E-state index contributed by atoms with van der Waals surface area (Å²) in [5, 5.41) is 4.05. The van der Waals surface area contributed by atoms with Gasteiger partial charge in [0.05, 0.1) is 6.20 Å². The molecule has 0 aliphatic rings. The predicted molar refractivity (Wildman–Crippen MR) is 45.7 cm³/mol. The molecule has 50 valence electrons. The molecule has 2 heterocycles. The third-order valence-electron chi connectivity index (χ3n) is 1.21. The summed E-state index contributed by atoms with van der Waals surface area (Å²) in [5.74, 6) is 0. The summed E-state index contributed by atoms with van der Waals surface area (Å²) in [6.45, 7) is 0. The lowest BCUT2D eigenvalue weighted by atomic mass is 10.6. The number of fused-ring (bicyclic) bond motifs is 1. The fraction of sp³-hybridized carbons (Fsp3) is 0. The molecule has 4 heteroatoms. The van der Waals surface area contributed by atoms with Gasteiger partial charge in [0.1, 0.15) is 0 Å². The second-order valence-corrected chi connectivity index (χ2v) is 3.15. The van der Waals surface area contributed by atoms with Crippen LogP contribution >= 0.6 is 22.6 Å². The van der Waals surface area contributed by atoms with Crippen molar-refractivity contribution in [2.24, 2.45) is 0 Å². The molecule has 0 saturated heterocycles. The Kier molecular flexibility index (Phi) is 1.33. The Labute approximate surface area is 71.2 Å². The first-order valence-corrected chi connectivity index (χ1v) is 3.89. The fourth-order valence-corrected chi connectivity index (χ4v) is 1.35.